The largest absolute Gasteiger partial charge is 0.384 e. The third kappa shape index (κ3) is 3.48. The second kappa shape index (κ2) is 6.38. The molecule has 0 aliphatic heterocycles. The number of aryl methyl sites for hydroxylation is 3. The molecule has 1 heteroatoms. The molecular weight excluding hydrogens is 232 g/mol. The molecule has 1 N–H and O–H groups in total. The van der Waals surface area contributed by atoms with Gasteiger partial charge in [0.15, 0.2) is 0 Å². The van der Waals surface area contributed by atoms with Gasteiger partial charge in [0.25, 0.3) is 0 Å². The van der Waals surface area contributed by atoms with E-state index >= 15 is 0 Å². The average Bonchev–Trinajstić information content (AvgIpc) is 2.26. The molecule has 1 atom stereocenters. The Morgan fingerprint density at radius 2 is 1.58 bits per heavy atom. The molecule has 0 fully saturated rings. The Labute approximate surface area is 117 Å². The second-order valence-electron chi connectivity index (χ2n) is 5.95. The van der Waals surface area contributed by atoms with Crippen LogP contribution in [0.3, 0.4) is 0 Å². The molecule has 0 bridgehead atoms. The Hall–Kier alpha value is -1.08. The van der Waals surface area contributed by atoms with Crippen LogP contribution < -0.4 is 0 Å². The van der Waals surface area contributed by atoms with Crippen LogP contribution in [0, 0.1) is 20.8 Å². The predicted molar refractivity (Wildman–Crippen MR) is 81.4 cm³/mol. The molecule has 0 radical (unpaired) electrons. The summed E-state index contributed by atoms with van der Waals surface area (Å²) in [6.45, 7) is 6.34. The minimum Gasteiger partial charge on any atom is -0.384 e. The summed E-state index contributed by atoms with van der Waals surface area (Å²) >= 11 is 0. The first-order valence-corrected chi connectivity index (χ1v) is 7.54. The summed E-state index contributed by atoms with van der Waals surface area (Å²) in [6.07, 6.45) is 9.17. The van der Waals surface area contributed by atoms with Crippen molar-refractivity contribution in [3.63, 3.8) is 0 Å². The Balaban J connectivity index is 2.30. The lowest BCUT2D eigenvalue weighted by molar-refractivity contribution is 0.207. The van der Waals surface area contributed by atoms with Gasteiger partial charge in [0.2, 0.25) is 0 Å². The van der Waals surface area contributed by atoms with E-state index in [0.29, 0.717) is 0 Å². The van der Waals surface area contributed by atoms with E-state index in [1.165, 1.54) is 47.9 Å². The highest BCUT2D eigenvalue weighted by Crippen LogP contribution is 2.32. The Morgan fingerprint density at radius 1 is 0.947 bits per heavy atom. The molecule has 0 aromatic heterocycles. The quantitative estimate of drug-likeness (QED) is 0.746. The van der Waals surface area contributed by atoms with Crippen molar-refractivity contribution in [2.24, 2.45) is 0 Å². The van der Waals surface area contributed by atoms with Crippen LogP contribution in [0.15, 0.2) is 23.8 Å². The fourth-order valence-electron chi connectivity index (χ4n) is 3.27. The second-order valence-corrected chi connectivity index (χ2v) is 5.95. The van der Waals surface area contributed by atoms with E-state index in [-0.39, 0.29) is 0 Å². The summed E-state index contributed by atoms with van der Waals surface area (Å²) in [4.78, 5) is 0. The lowest BCUT2D eigenvalue weighted by Crippen LogP contribution is -2.08. The number of rotatable bonds is 2. The molecule has 0 saturated carbocycles. The zero-order valence-electron chi connectivity index (χ0n) is 12.5. The van der Waals surface area contributed by atoms with E-state index in [1.54, 1.807) is 0 Å². The highest BCUT2D eigenvalue weighted by atomic mass is 16.3. The van der Waals surface area contributed by atoms with Crippen LogP contribution in [-0.2, 0) is 0 Å². The summed E-state index contributed by atoms with van der Waals surface area (Å²) in [5, 5.41) is 10.7. The van der Waals surface area contributed by atoms with Crippen molar-refractivity contribution in [1.29, 1.82) is 0 Å². The molecule has 1 unspecified atom stereocenters. The van der Waals surface area contributed by atoms with Gasteiger partial charge < -0.3 is 5.11 Å². The molecule has 19 heavy (non-hydrogen) atoms. The standard InChI is InChI=1S/C18H26O/c1-13-11-14(2)17(15(3)12-13)18(19)16-9-7-5-4-6-8-10-16/h9,11-12,18-19H,4-8,10H2,1-3H3/b16-9+. The van der Waals surface area contributed by atoms with E-state index < -0.39 is 6.10 Å². The molecule has 0 saturated heterocycles. The fraction of sp³-hybridized carbons (Fsp3) is 0.556. The van der Waals surface area contributed by atoms with Gasteiger partial charge >= 0.3 is 0 Å². The van der Waals surface area contributed by atoms with Gasteiger partial charge in [-0.1, -0.05) is 36.6 Å². The first-order valence-electron chi connectivity index (χ1n) is 7.54. The molecule has 0 spiro atoms. The van der Waals surface area contributed by atoms with Gasteiger partial charge in [0, 0.05) is 0 Å². The van der Waals surface area contributed by atoms with Crippen LogP contribution in [0.25, 0.3) is 0 Å². The maximum absolute atomic E-state index is 10.7. The Morgan fingerprint density at radius 3 is 2.26 bits per heavy atom. The number of aliphatic hydroxyl groups excluding tert-OH is 1. The van der Waals surface area contributed by atoms with Crippen LogP contribution in [0.1, 0.15) is 66.9 Å². The summed E-state index contributed by atoms with van der Waals surface area (Å²) in [6, 6.07) is 4.35. The molecule has 1 aromatic rings. The highest BCUT2D eigenvalue weighted by molar-refractivity contribution is 5.42. The molecule has 1 aliphatic carbocycles. The molecule has 1 aromatic carbocycles. The van der Waals surface area contributed by atoms with Gasteiger partial charge in [-0.15, -0.1) is 0 Å². The van der Waals surface area contributed by atoms with Gasteiger partial charge in [0.1, 0.15) is 6.10 Å². The van der Waals surface area contributed by atoms with Crippen LogP contribution in [0.4, 0.5) is 0 Å². The monoisotopic (exact) mass is 258 g/mol. The van der Waals surface area contributed by atoms with Crippen molar-refractivity contribution in [1.82, 2.24) is 0 Å². The Kier molecular flexibility index (Phi) is 4.81. The summed E-state index contributed by atoms with van der Waals surface area (Å²) < 4.78 is 0. The highest BCUT2D eigenvalue weighted by Gasteiger charge is 2.18. The average molecular weight is 258 g/mol. The first-order chi connectivity index (χ1) is 9.09. The molecule has 1 nitrogen and oxygen atoms in total. The fourth-order valence-corrected chi connectivity index (χ4v) is 3.27. The van der Waals surface area contributed by atoms with Crippen molar-refractivity contribution in [2.75, 3.05) is 0 Å². The number of hydrogen-bond donors (Lipinski definition) is 1. The SMILES string of the molecule is Cc1cc(C)c(C(O)/C2=C/CCCCCC2)c(C)c1. The van der Waals surface area contributed by atoms with Crippen molar-refractivity contribution in [3.8, 4) is 0 Å². The van der Waals surface area contributed by atoms with Crippen LogP contribution in [0.5, 0.6) is 0 Å². The van der Waals surface area contributed by atoms with Crippen LogP contribution in [-0.4, -0.2) is 5.11 Å². The lowest BCUT2D eigenvalue weighted by atomic mass is 9.88. The van der Waals surface area contributed by atoms with E-state index in [4.69, 9.17) is 0 Å². The summed E-state index contributed by atoms with van der Waals surface area (Å²) in [5.41, 5.74) is 6.06. The molecule has 0 amide bonds. The molecule has 0 heterocycles. The zero-order valence-corrected chi connectivity index (χ0v) is 12.5. The normalized spacial score (nSPS) is 21.2. The first kappa shape index (κ1) is 14.3. The van der Waals surface area contributed by atoms with E-state index in [1.807, 2.05) is 0 Å². The molecule has 1 aliphatic rings. The predicted octanol–water partition coefficient (Wildman–Crippen LogP) is 4.93. The number of aliphatic hydroxyl groups is 1. The van der Waals surface area contributed by atoms with Crippen molar-refractivity contribution >= 4 is 0 Å². The minimum absolute atomic E-state index is 0.404. The lowest BCUT2D eigenvalue weighted by Gasteiger charge is -2.22. The zero-order chi connectivity index (χ0) is 13.8. The van der Waals surface area contributed by atoms with Crippen molar-refractivity contribution < 1.29 is 5.11 Å². The number of hydrogen-bond acceptors (Lipinski definition) is 1. The van der Waals surface area contributed by atoms with E-state index in [9.17, 15) is 5.11 Å². The summed E-state index contributed by atoms with van der Waals surface area (Å²) in [5.74, 6) is 0. The van der Waals surface area contributed by atoms with Gasteiger partial charge in [-0.2, -0.15) is 0 Å². The third-order valence-corrected chi connectivity index (χ3v) is 4.19. The van der Waals surface area contributed by atoms with E-state index in [2.05, 4.69) is 39.0 Å². The van der Waals surface area contributed by atoms with E-state index in [0.717, 1.165) is 18.4 Å². The summed E-state index contributed by atoms with van der Waals surface area (Å²) in [7, 11) is 0. The van der Waals surface area contributed by atoms with Gasteiger partial charge in [-0.3, -0.25) is 0 Å². The topological polar surface area (TPSA) is 20.2 Å². The van der Waals surface area contributed by atoms with Crippen molar-refractivity contribution in [2.45, 2.75) is 65.4 Å². The van der Waals surface area contributed by atoms with Gasteiger partial charge in [-0.25, -0.2) is 0 Å². The van der Waals surface area contributed by atoms with Gasteiger partial charge in [0.05, 0.1) is 0 Å². The minimum atomic E-state index is -0.404. The molecule has 2 rings (SSSR count). The Bertz CT molecular complexity index is 448. The third-order valence-electron chi connectivity index (χ3n) is 4.19. The molecule has 104 valence electrons. The number of allylic oxidation sites excluding steroid dienone is 1. The smallest absolute Gasteiger partial charge is 0.101 e. The maximum Gasteiger partial charge on any atom is 0.101 e. The van der Waals surface area contributed by atoms with Crippen LogP contribution in [0.2, 0.25) is 0 Å². The van der Waals surface area contributed by atoms with Gasteiger partial charge in [-0.05, 0) is 68.7 Å². The molecular formula is C18H26O. The van der Waals surface area contributed by atoms with Crippen molar-refractivity contribution in [3.05, 3.63) is 46.0 Å². The van der Waals surface area contributed by atoms with Crippen LogP contribution >= 0.6 is 0 Å². The maximum atomic E-state index is 10.7. The number of benzene rings is 1.